The molecular formula is C17H8Br2ClF3N4. The lowest BCUT2D eigenvalue weighted by Gasteiger charge is -2.20. The van der Waals surface area contributed by atoms with Crippen molar-refractivity contribution in [3.05, 3.63) is 73.1 Å². The van der Waals surface area contributed by atoms with Gasteiger partial charge in [0.15, 0.2) is 5.82 Å². The fraction of sp³-hybridized carbons (Fsp3) is 0.118. The third kappa shape index (κ3) is 3.11. The molecule has 4 rings (SSSR count). The molecule has 3 aromatic rings. The van der Waals surface area contributed by atoms with Gasteiger partial charge in [-0.3, -0.25) is 9.56 Å². The first-order valence-electron chi connectivity index (χ1n) is 7.58. The van der Waals surface area contributed by atoms with Gasteiger partial charge in [0.2, 0.25) is 4.73 Å². The number of alkyl halides is 3. The fourth-order valence-electron chi connectivity index (χ4n) is 3.01. The third-order valence-corrected chi connectivity index (χ3v) is 5.60. The molecule has 0 saturated carbocycles. The van der Waals surface area contributed by atoms with Crippen LogP contribution in [-0.2, 0) is 12.7 Å². The molecule has 0 bridgehead atoms. The molecule has 2 heterocycles. The molecule has 10 heteroatoms. The summed E-state index contributed by atoms with van der Waals surface area (Å²) in [5.41, 5.74) is -0.0645. The molecule has 0 N–H and O–H groups in total. The maximum atomic E-state index is 14.0. The van der Waals surface area contributed by atoms with Crippen molar-refractivity contribution in [2.75, 3.05) is 0 Å². The number of aromatic nitrogens is 3. The van der Waals surface area contributed by atoms with Gasteiger partial charge in [-0.1, -0.05) is 45.7 Å². The molecule has 0 atom stereocenters. The third-order valence-electron chi connectivity index (χ3n) is 4.09. The van der Waals surface area contributed by atoms with Crippen molar-refractivity contribution in [3.63, 3.8) is 0 Å². The van der Waals surface area contributed by atoms with Crippen molar-refractivity contribution in [2.24, 2.45) is 4.99 Å². The average molecular weight is 521 g/mol. The van der Waals surface area contributed by atoms with Crippen LogP contribution in [0.5, 0.6) is 0 Å². The highest BCUT2D eigenvalue weighted by Crippen LogP contribution is 2.42. The zero-order valence-electron chi connectivity index (χ0n) is 13.2. The Bertz CT molecular complexity index is 1090. The smallest absolute Gasteiger partial charge is 0.276 e. The number of halogens is 6. The first kappa shape index (κ1) is 18.6. The number of rotatable bonds is 1. The van der Waals surface area contributed by atoms with Gasteiger partial charge >= 0.3 is 6.18 Å². The zero-order valence-corrected chi connectivity index (χ0v) is 17.2. The van der Waals surface area contributed by atoms with E-state index >= 15 is 0 Å². The van der Waals surface area contributed by atoms with E-state index in [2.05, 4.69) is 47.0 Å². The largest absolute Gasteiger partial charge is 0.418 e. The number of nitrogens with zero attached hydrogens (tertiary/aromatic N) is 4. The second kappa shape index (κ2) is 6.72. The molecule has 138 valence electrons. The first-order valence-corrected chi connectivity index (χ1v) is 9.55. The summed E-state index contributed by atoms with van der Waals surface area (Å²) < 4.78 is 43.7. The Labute approximate surface area is 173 Å². The molecule has 0 amide bonds. The van der Waals surface area contributed by atoms with Crippen LogP contribution in [0, 0.1) is 0 Å². The highest BCUT2D eigenvalue weighted by atomic mass is 79.9. The molecule has 0 fully saturated rings. The minimum absolute atomic E-state index is 0.0583. The molecule has 0 spiro atoms. The highest BCUT2D eigenvalue weighted by Gasteiger charge is 2.40. The summed E-state index contributed by atoms with van der Waals surface area (Å²) in [4.78, 5) is 4.43. The van der Waals surface area contributed by atoms with E-state index in [9.17, 15) is 13.2 Å². The van der Waals surface area contributed by atoms with Gasteiger partial charge in [-0.25, -0.2) is 0 Å². The summed E-state index contributed by atoms with van der Waals surface area (Å²) in [6.07, 6.45) is -4.61. The monoisotopic (exact) mass is 518 g/mol. The Morgan fingerprint density at radius 2 is 1.78 bits per heavy atom. The van der Waals surface area contributed by atoms with Crippen LogP contribution >= 0.6 is 43.5 Å². The summed E-state index contributed by atoms with van der Waals surface area (Å²) in [6.45, 7) is 0.0583. The van der Waals surface area contributed by atoms with Gasteiger partial charge in [-0.05, 0) is 34.1 Å². The average Bonchev–Trinajstić information content (AvgIpc) is 2.88. The van der Waals surface area contributed by atoms with E-state index in [1.54, 1.807) is 30.3 Å². The number of benzene rings is 2. The molecule has 1 aliphatic rings. The second-order valence-electron chi connectivity index (χ2n) is 5.68. The summed E-state index contributed by atoms with van der Waals surface area (Å²) in [5, 5.41) is 8.23. The molecule has 2 aromatic carbocycles. The van der Waals surface area contributed by atoms with Crippen LogP contribution in [-0.4, -0.2) is 20.5 Å². The fourth-order valence-corrected chi connectivity index (χ4v) is 4.26. The van der Waals surface area contributed by atoms with Crippen LogP contribution in [0.25, 0.3) is 5.69 Å². The molecular weight excluding hydrogens is 512 g/mol. The predicted molar refractivity (Wildman–Crippen MR) is 103 cm³/mol. The highest BCUT2D eigenvalue weighted by molar-refractivity contribution is 9.10. The number of hydrogen-bond acceptors (Lipinski definition) is 3. The van der Waals surface area contributed by atoms with Crippen LogP contribution in [0.15, 0.2) is 50.6 Å². The van der Waals surface area contributed by atoms with Crippen LogP contribution in [0.1, 0.15) is 22.5 Å². The lowest BCUT2D eigenvalue weighted by Crippen LogP contribution is -2.18. The Balaban J connectivity index is 2.14. The standard InChI is InChI=1S/C17H8Br2ClF3N4/c18-9-5-6-11-13(14(9)17(21,22)23)15(8-3-1-2-4-10(8)20)24-7-12-25-26-16(19)27(11)12/h1-6H,7H2. The van der Waals surface area contributed by atoms with Gasteiger partial charge in [0.25, 0.3) is 0 Å². The predicted octanol–water partition coefficient (Wildman–Crippen LogP) is 5.82. The van der Waals surface area contributed by atoms with Crippen molar-refractivity contribution in [1.82, 2.24) is 14.8 Å². The van der Waals surface area contributed by atoms with Crippen molar-refractivity contribution in [2.45, 2.75) is 12.7 Å². The molecule has 0 unspecified atom stereocenters. The zero-order chi connectivity index (χ0) is 19.3. The quantitative estimate of drug-likeness (QED) is 0.406. The Kier molecular flexibility index (Phi) is 4.64. The maximum absolute atomic E-state index is 14.0. The van der Waals surface area contributed by atoms with Crippen LogP contribution < -0.4 is 0 Å². The van der Waals surface area contributed by atoms with Gasteiger partial charge in [0.1, 0.15) is 6.54 Å². The van der Waals surface area contributed by atoms with Gasteiger partial charge in [-0.2, -0.15) is 13.2 Å². The van der Waals surface area contributed by atoms with E-state index < -0.39 is 11.7 Å². The van der Waals surface area contributed by atoms with Crippen molar-refractivity contribution >= 4 is 49.2 Å². The molecule has 4 nitrogen and oxygen atoms in total. The van der Waals surface area contributed by atoms with Crippen LogP contribution in [0.2, 0.25) is 5.02 Å². The summed E-state index contributed by atoms with van der Waals surface area (Å²) in [5.74, 6) is 0.417. The topological polar surface area (TPSA) is 43.1 Å². The Hall–Kier alpha value is -1.71. The second-order valence-corrected chi connectivity index (χ2v) is 7.65. The molecule has 0 aliphatic carbocycles. The van der Waals surface area contributed by atoms with Crippen molar-refractivity contribution in [1.29, 1.82) is 0 Å². The minimum Gasteiger partial charge on any atom is -0.276 e. The van der Waals surface area contributed by atoms with Crippen LogP contribution in [0.3, 0.4) is 0 Å². The van der Waals surface area contributed by atoms with E-state index in [-0.39, 0.29) is 28.0 Å². The molecule has 0 saturated heterocycles. The lowest BCUT2D eigenvalue weighted by molar-refractivity contribution is -0.138. The molecule has 1 aliphatic heterocycles. The summed E-state index contributed by atoms with van der Waals surface area (Å²) >= 11 is 12.6. The first-order chi connectivity index (χ1) is 12.8. The SMILES string of the molecule is FC(F)(F)c1c(Br)ccc2c1C(c1ccccc1Cl)=NCc1nnc(Br)n1-2. The van der Waals surface area contributed by atoms with Crippen molar-refractivity contribution in [3.8, 4) is 5.69 Å². The van der Waals surface area contributed by atoms with Gasteiger partial charge in [0.05, 0.1) is 17.0 Å². The van der Waals surface area contributed by atoms with Gasteiger partial charge < -0.3 is 0 Å². The Morgan fingerprint density at radius 1 is 1.04 bits per heavy atom. The van der Waals surface area contributed by atoms with E-state index in [4.69, 9.17) is 11.6 Å². The van der Waals surface area contributed by atoms with E-state index in [0.29, 0.717) is 21.1 Å². The molecule has 1 aromatic heterocycles. The minimum atomic E-state index is -4.61. The van der Waals surface area contributed by atoms with Gasteiger partial charge in [-0.15, -0.1) is 10.2 Å². The van der Waals surface area contributed by atoms with E-state index in [0.717, 1.165) is 0 Å². The molecule has 27 heavy (non-hydrogen) atoms. The van der Waals surface area contributed by atoms with Gasteiger partial charge in [0, 0.05) is 20.6 Å². The lowest BCUT2D eigenvalue weighted by atomic mass is 9.95. The maximum Gasteiger partial charge on any atom is 0.418 e. The summed E-state index contributed by atoms with van der Waals surface area (Å²) in [7, 11) is 0. The van der Waals surface area contributed by atoms with E-state index in [1.165, 1.54) is 10.6 Å². The number of aliphatic imine (C=N–C) groups is 1. The normalized spacial score (nSPS) is 13.6. The van der Waals surface area contributed by atoms with E-state index in [1.807, 2.05) is 0 Å². The summed E-state index contributed by atoms with van der Waals surface area (Å²) in [6, 6.07) is 9.60. The number of hydrogen-bond donors (Lipinski definition) is 0. The van der Waals surface area contributed by atoms with Crippen LogP contribution in [0.4, 0.5) is 13.2 Å². The Morgan fingerprint density at radius 3 is 2.48 bits per heavy atom. The van der Waals surface area contributed by atoms with Crippen molar-refractivity contribution < 1.29 is 13.2 Å². The molecule has 0 radical (unpaired) electrons. The number of fused-ring (bicyclic) bond motifs is 3.